The lowest BCUT2D eigenvalue weighted by molar-refractivity contribution is 0.399. The Balaban J connectivity index is 4.07. The fraction of sp³-hybridized carbons (Fsp3) is 0.778. The molecule has 11 heavy (non-hydrogen) atoms. The molecule has 0 aromatic carbocycles. The Morgan fingerprint density at radius 1 is 1.27 bits per heavy atom. The Bertz CT molecular complexity index is 106. The van der Waals surface area contributed by atoms with Crippen LogP contribution in [-0.4, -0.2) is 15.4 Å². The summed E-state index contributed by atoms with van der Waals surface area (Å²) in [6.07, 6.45) is 2.43. The van der Waals surface area contributed by atoms with Gasteiger partial charge in [0.1, 0.15) is 0 Å². The van der Waals surface area contributed by atoms with Crippen LogP contribution >= 0.6 is 0 Å². The van der Waals surface area contributed by atoms with Gasteiger partial charge in [0.25, 0.3) is 0 Å². The molecule has 0 aliphatic rings. The van der Waals surface area contributed by atoms with Gasteiger partial charge in [-0.15, -0.1) is 6.58 Å². The predicted octanol–water partition coefficient (Wildman–Crippen LogP) is 3.12. The molecule has 0 radical (unpaired) electrons. The molecule has 0 fully saturated rings. The summed E-state index contributed by atoms with van der Waals surface area (Å²) in [5.74, 6) is 0. The van der Waals surface area contributed by atoms with Crippen LogP contribution in [0.5, 0.6) is 0 Å². The maximum Gasteiger partial charge on any atom is 0.215 e. The van der Waals surface area contributed by atoms with Gasteiger partial charge in [-0.2, -0.15) is 0 Å². The average molecular weight is 172 g/mol. The molecule has 0 atom stereocenters. The molecule has 0 aliphatic heterocycles. The van der Waals surface area contributed by atoms with E-state index in [1.54, 1.807) is 0 Å². The fourth-order valence-electron chi connectivity index (χ4n) is 1.46. The minimum Gasteiger partial charge on any atom is -0.416 e. The van der Waals surface area contributed by atoms with Gasteiger partial charge in [0.05, 0.1) is 0 Å². The summed E-state index contributed by atoms with van der Waals surface area (Å²) in [4.78, 5) is 0. The van der Waals surface area contributed by atoms with Gasteiger partial charge < -0.3 is 4.43 Å². The van der Waals surface area contributed by atoms with E-state index in [-0.39, 0.29) is 0 Å². The monoisotopic (exact) mass is 172 g/mol. The van der Waals surface area contributed by atoms with Crippen LogP contribution in [0.25, 0.3) is 0 Å². The maximum atomic E-state index is 5.59. The molecule has 0 aliphatic carbocycles. The minimum atomic E-state index is -1.48. The quantitative estimate of drug-likeness (QED) is 0.559. The number of hydrogen-bond donors (Lipinski definition) is 0. The molecule has 2 heteroatoms. The summed E-state index contributed by atoms with van der Waals surface area (Å²) < 4.78 is 5.59. The first-order chi connectivity index (χ1) is 5.24. The van der Waals surface area contributed by atoms with Crippen molar-refractivity contribution < 1.29 is 4.43 Å². The Morgan fingerprint density at radius 3 is 1.91 bits per heavy atom. The van der Waals surface area contributed by atoms with Gasteiger partial charge in [-0.1, -0.05) is 32.4 Å². The van der Waals surface area contributed by atoms with Gasteiger partial charge in [-0.05, 0) is 12.1 Å². The Hall–Kier alpha value is -0.0831. The largest absolute Gasteiger partial charge is 0.416 e. The molecule has 0 spiro atoms. The average Bonchev–Trinajstić information content (AvgIpc) is 2.04. The van der Waals surface area contributed by atoms with Crippen LogP contribution in [0, 0.1) is 0 Å². The third-order valence-corrected chi connectivity index (χ3v) is 6.37. The fourth-order valence-corrected chi connectivity index (χ4v) is 4.39. The van der Waals surface area contributed by atoms with Crippen molar-refractivity contribution in [2.75, 3.05) is 7.11 Å². The van der Waals surface area contributed by atoms with Crippen LogP contribution in [0.1, 0.15) is 26.7 Å². The first kappa shape index (κ1) is 10.9. The van der Waals surface area contributed by atoms with Crippen molar-refractivity contribution in [2.24, 2.45) is 0 Å². The first-order valence-electron chi connectivity index (χ1n) is 4.43. The highest BCUT2D eigenvalue weighted by Crippen LogP contribution is 2.20. The smallest absolute Gasteiger partial charge is 0.215 e. The zero-order chi connectivity index (χ0) is 8.74. The summed E-state index contributed by atoms with van der Waals surface area (Å²) in [5, 5.41) is 0. The van der Waals surface area contributed by atoms with Crippen molar-refractivity contribution in [1.29, 1.82) is 0 Å². The van der Waals surface area contributed by atoms with Crippen molar-refractivity contribution >= 4 is 8.32 Å². The topological polar surface area (TPSA) is 9.23 Å². The van der Waals surface area contributed by atoms with Crippen LogP contribution < -0.4 is 0 Å². The Labute approximate surface area is 71.6 Å². The lowest BCUT2D eigenvalue weighted by Crippen LogP contribution is -2.34. The Kier molecular flexibility index (Phi) is 5.51. The van der Waals surface area contributed by atoms with Gasteiger partial charge in [0.15, 0.2) is 0 Å². The molecular weight excluding hydrogens is 152 g/mol. The molecule has 0 N–H and O–H groups in total. The highest BCUT2D eigenvalue weighted by Gasteiger charge is 2.27. The summed E-state index contributed by atoms with van der Waals surface area (Å²) >= 11 is 0. The normalized spacial score (nSPS) is 11.5. The van der Waals surface area contributed by atoms with Gasteiger partial charge in [-0.3, -0.25) is 0 Å². The molecule has 0 saturated carbocycles. The Morgan fingerprint density at radius 2 is 1.73 bits per heavy atom. The van der Waals surface area contributed by atoms with Gasteiger partial charge in [0.2, 0.25) is 8.32 Å². The molecule has 0 bridgehead atoms. The van der Waals surface area contributed by atoms with Crippen LogP contribution in [0.4, 0.5) is 0 Å². The molecule has 0 aromatic heterocycles. The van der Waals surface area contributed by atoms with Crippen molar-refractivity contribution in [3.05, 3.63) is 12.3 Å². The van der Waals surface area contributed by atoms with E-state index in [0.29, 0.717) is 0 Å². The van der Waals surface area contributed by atoms with E-state index >= 15 is 0 Å². The minimum absolute atomic E-state index is 1.21. The summed E-state index contributed by atoms with van der Waals surface area (Å²) in [5.41, 5.74) is 2.08. The molecule has 0 heterocycles. The molecule has 0 saturated heterocycles. The van der Waals surface area contributed by atoms with E-state index in [1.807, 2.05) is 7.11 Å². The van der Waals surface area contributed by atoms with E-state index < -0.39 is 8.32 Å². The standard InChI is InChI=1S/C9H20OSi/c1-5-8-11(7-3,10-4)9-6-2/h7H,3,5-6,8-9H2,1-2,4H3. The van der Waals surface area contributed by atoms with E-state index in [4.69, 9.17) is 4.43 Å². The zero-order valence-electron chi connectivity index (χ0n) is 8.02. The first-order valence-corrected chi connectivity index (χ1v) is 6.83. The van der Waals surface area contributed by atoms with Crippen molar-refractivity contribution in [3.63, 3.8) is 0 Å². The van der Waals surface area contributed by atoms with Crippen molar-refractivity contribution in [1.82, 2.24) is 0 Å². The second-order valence-electron chi connectivity index (χ2n) is 2.97. The molecular formula is C9H20OSi. The van der Waals surface area contributed by atoms with E-state index in [9.17, 15) is 0 Å². The van der Waals surface area contributed by atoms with E-state index in [0.717, 1.165) is 0 Å². The summed E-state index contributed by atoms with van der Waals surface area (Å²) in [6.45, 7) is 8.29. The molecule has 0 aromatic rings. The zero-order valence-corrected chi connectivity index (χ0v) is 9.02. The molecule has 66 valence electrons. The predicted molar refractivity (Wildman–Crippen MR) is 53.2 cm³/mol. The second kappa shape index (κ2) is 5.55. The van der Waals surface area contributed by atoms with Crippen LogP contribution in [0.3, 0.4) is 0 Å². The maximum absolute atomic E-state index is 5.59. The second-order valence-corrected chi connectivity index (χ2v) is 6.92. The highest BCUT2D eigenvalue weighted by atomic mass is 28.4. The highest BCUT2D eigenvalue weighted by molar-refractivity contribution is 6.78. The SMILES string of the molecule is C=C[Si](CCC)(CCC)OC. The molecule has 0 amide bonds. The van der Waals surface area contributed by atoms with Crippen molar-refractivity contribution in [2.45, 2.75) is 38.8 Å². The number of hydrogen-bond acceptors (Lipinski definition) is 1. The third kappa shape index (κ3) is 3.21. The number of rotatable bonds is 6. The summed E-state index contributed by atoms with van der Waals surface area (Å²) in [7, 11) is 0.353. The molecule has 0 rings (SSSR count). The lowest BCUT2D eigenvalue weighted by atomic mass is 10.6. The van der Waals surface area contributed by atoms with E-state index in [1.165, 1.54) is 24.9 Å². The third-order valence-electron chi connectivity index (χ3n) is 2.12. The van der Waals surface area contributed by atoms with Crippen LogP contribution in [0.15, 0.2) is 12.3 Å². The summed E-state index contributed by atoms with van der Waals surface area (Å²) in [6, 6.07) is 2.45. The lowest BCUT2D eigenvalue weighted by Gasteiger charge is -2.24. The van der Waals surface area contributed by atoms with Crippen LogP contribution in [0.2, 0.25) is 12.1 Å². The molecule has 0 unspecified atom stereocenters. The van der Waals surface area contributed by atoms with Crippen LogP contribution in [-0.2, 0) is 4.43 Å². The van der Waals surface area contributed by atoms with Gasteiger partial charge in [0, 0.05) is 7.11 Å². The van der Waals surface area contributed by atoms with Gasteiger partial charge in [-0.25, -0.2) is 0 Å². The van der Waals surface area contributed by atoms with Gasteiger partial charge >= 0.3 is 0 Å². The van der Waals surface area contributed by atoms with Crippen molar-refractivity contribution in [3.8, 4) is 0 Å². The molecule has 1 nitrogen and oxygen atoms in total. The van der Waals surface area contributed by atoms with E-state index in [2.05, 4.69) is 26.1 Å².